The molecule has 0 spiro atoms. The summed E-state index contributed by atoms with van der Waals surface area (Å²) in [5.41, 5.74) is 2.35. The number of rotatable bonds is 1. The molecule has 1 rings (SSSR count). The molecule has 2 nitrogen and oxygen atoms in total. The van der Waals surface area contributed by atoms with E-state index >= 15 is 0 Å². The molecule has 0 bridgehead atoms. The summed E-state index contributed by atoms with van der Waals surface area (Å²) in [7, 11) is 0. The zero-order valence-electron chi connectivity index (χ0n) is 5.68. The van der Waals surface area contributed by atoms with Crippen molar-refractivity contribution in [1.29, 1.82) is 0 Å². The topological polar surface area (TPSA) is 17.8 Å². The van der Waals surface area contributed by atoms with Gasteiger partial charge in [-0.15, -0.1) is 0 Å². The summed E-state index contributed by atoms with van der Waals surface area (Å²) in [5.74, 6) is 0. The van der Waals surface area contributed by atoms with Crippen LogP contribution in [0, 0.1) is 13.8 Å². The first-order valence-corrected chi connectivity index (χ1v) is 4.38. The van der Waals surface area contributed by atoms with Crippen molar-refractivity contribution in [3.8, 4) is 0 Å². The van der Waals surface area contributed by atoms with Crippen molar-refractivity contribution in [2.75, 3.05) is 0 Å². The Morgan fingerprint density at radius 3 is 2.56 bits per heavy atom. The van der Waals surface area contributed by atoms with Crippen LogP contribution in [0.15, 0.2) is 6.07 Å². The average molecular weight is 182 g/mol. The third-order valence-electron chi connectivity index (χ3n) is 1.25. The fraction of sp³-hybridized carbons (Fsp3) is 0.500. The van der Waals surface area contributed by atoms with Gasteiger partial charge in [-0.3, -0.25) is 0 Å². The molecule has 0 aliphatic rings. The predicted octanol–water partition coefficient (Wildman–Crippen LogP) is 0.626. The van der Waals surface area contributed by atoms with Crippen LogP contribution in [-0.4, -0.2) is 26.3 Å². The van der Waals surface area contributed by atoms with Gasteiger partial charge in [0.1, 0.15) is 0 Å². The van der Waals surface area contributed by atoms with Crippen molar-refractivity contribution in [3.05, 3.63) is 17.5 Å². The summed E-state index contributed by atoms with van der Waals surface area (Å²) in [6, 6.07) is 2.09. The summed E-state index contributed by atoms with van der Waals surface area (Å²) in [5, 5.41) is 5.22. The first-order chi connectivity index (χ1) is 4.24. The molecule has 0 atom stereocenters. The summed E-state index contributed by atoms with van der Waals surface area (Å²) >= 11 is 2.10. The predicted molar refractivity (Wildman–Crippen MR) is 37.5 cm³/mol. The molecule has 0 fully saturated rings. The van der Waals surface area contributed by atoms with Gasteiger partial charge >= 0.3 is 63.0 Å². The zero-order chi connectivity index (χ0) is 6.85. The minimum atomic E-state index is 0.972. The summed E-state index contributed by atoms with van der Waals surface area (Å²) in [4.78, 5) is 0. The Morgan fingerprint density at radius 2 is 2.33 bits per heavy atom. The maximum atomic E-state index is 4.25. The van der Waals surface area contributed by atoms with Gasteiger partial charge < -0.3 is 0 Å². The monoisotopic (exact) mass is 183 g/mol. The Balaban J connectivity index is 3.01. The molecule has 0 aliphatic carbocycles. The van der Waals surface area contributed by atoms with Crippen molar-refractivity contribution in [3.63, 3.8) is 0 Å². The number of aryl methyl sites for hydroxylation is 2. The van der Waals surface area contributed by atoms with Crippen molar-refractivity contribution < 1.29 is 0 Å². The van der Waals surface area contributed by atoms with Gasteiger partial charge in [-0.1, -0.05) is 0 Å². The Hall–Kier alpha value is -0.247. The normalized spacial score (nSPS) is 10.1. The number of hydrogen-bond donors (Lipinski definition) is 0. The quantitative estimate of drug-likeness (QED) is 0.582. The first-order valence-electron chi connectivity index (χ1n) is 2.89. The van der Waals surface area contributed by atoms with E-state index in [0.29, 0.717) is 0 Å². The molecule has 0 saturated carbocycles. The van der Waals surface area contributed by atoms with Crippen LogP contribution in [-0.2, 0) is 5.38 Å². The van der Waals surface area contributed by atoms with Crippen LogP contribution < -0.4 is 0 Å². The third kappa shape index (κ3) is 1.36. The molecule has 47 valence electrons. The first kappa shape index (κ1) is 6.87. The van der Waals surface area contributed by atoms with Crippen LogP contribution in [0.4, 0.5) is 0 Å². The van der Waals surface area contributed by atoms with Crippen LogP contribution in [0.1, 0.15) is 11.4 Å². The van der Waals surface area contributed by atoms with Gasteiger partial charge in [-0.05, 0) is 0 Å². The summed E-state index contributed by atoms with van der Waals surface area (Å²) < 4.78 is 2.00. The van der Waals surface area contributed by atoms with E-state index in [1.165, 1.54) is 5.69 Å². The third-order valence-corrected chi connectivity index (χ3v) is 1.88. The molecule has 1 aromatic rings. The second-order valence-electron chi connectivity index (χ2n) is 2.08. The molecule has 0 N–H and O–H groups in total. The van der Waals surface area contributed by atoms with E-state index in [0.717, 1.165) is 11.1 Å². The van der Waals surface area contributed by atoms with Gasteiger partial charge in [0.05, 0.1) is 0 Å². The molecule has 1 heterocycles. The van der Waals surface area contributed by atoms with Gasteiger partial charge in [0, 0.05) is 0 Å². The average Bonchev–Trinajstić information content (AvgIpc) is 2.10. The zero-order valence-corrected chi connectivity index (χ0v) is 7.78. The van der Waals surface area contributed by atoms with E-state index in [9.17, 15) is 0 Å². The number of hydrogen-bond acceptors (Lipinski definition) is 1. The maximum absolute atomic E-state index is 4.25. The van der Waals surface area contributed by atoms with E-state index in [1.807, 2.05) is 11.6 Å². The van der Waals surface area contributed by atoms with Crippen LogP contribution in [0.3, 0.4) is 0 Å². The van der Waals surface area contributed by atoms with Gasteiger partial charge in [0.2, 0.25) is 0 Å². The van der Waals surface area contributed by atoms with Crippen LogP contribution in [0.25, 0.3) is 0 Å². The molecule has 0 aromatic carbocycles. The van der Waals surface area contributed by atoms with Crippen molar-refractivity contribution >= 4 is 16.5 Å². The second-order valence-corrected chi connectivity index (χ2v) is 2.75. The SMILES string of the molecule is Cc1cc(C)n([CH2][Ge])n1. The van der Waals surface area contributed by atoms with E-state index in [4.69, 9.17) is 0 Å². The van der Waals surface area contributed by atoms with E-state index < -0.39 is 0 Å². The van der Waals surface area contributed by atoms with E-state index in [2.05, 4.69) is 34.6 Å². The van der Waals surface area contributed by atoms with Crippen molar-refractivity contribution in [2.24, 2.45) is 0 Å². The Labute approximate surface area is 63.5 Å². The van der Waals surface area contributed by atoms with Crippen molar-refractivity contribution in [2.45, 2.75) is 19.2 Å². The number of aromatic nitrogens is 2. The standard InChI is InChI=1S/C6H9GeN2/c1-5-3-6(2)9(4-7)8-5/h3H,4H2,1-2H3. The molecule has 3 radical (unpaired) electrons. The Bertz CT molecular complexity index is 205. The molecule has 1 aromatic heterocycles. The molecular formula is C6H9GeN2. The molecular weight excluding hydrogens is 173 g/mol. The van der Waals surface area contributed by atoms with Crippen LogP contribution in [0.2, 0.25) is 0 Å². The van der Waals surface area contributed by atoms with Crippen LogP contribution >= 0.6 is 0 Å². The number of nitrogens with zero attached hydrogens (tertiary/aromatic N) is 2. The summed E-state index contributed by atoms with van der Waals surface area (Å²) in [6.07, 6.45) is 0. The van der Waals surface area contributed by atoms with Crippen molar-refractivity contribution in [1.82, 2.24) is 9.78 Å². The van der Waals surface area contributed by atoms with Gasteiger partial charge in [-0.25, -0.2) is 0 Å². The van der Waals surface area contributed by atoms with Gasteiger partial charge in [0.15, 0.2) is 0 Å². The molecule has 0 unspecified atom stereocenters. The molecule has 0 saturated heterocycles. The Morgan fingerprint density at radius 1 is 1.67 bits per heavy atom. The van der Waals surface area contributed by atoms with Gasteiger partial charge in [0.25, 0.3) is 0 Å². The summed E-state index contributed by atoms with van der Waals surface area (Å²) in [6.45, 7) is 4.09. The van der Waals surface area contributed by atoms with Crippen LogP contribution in [0.5, 0.6) is 0 Å². The molecule has 9 heavy (non-hydrogen) atoms. The fourth-order valence-corrected chi connectivity index (χ4v) is 1.51. The molecule has 0 aliphatic heterocycles. The second kappa shape index (κ2) is 2.56. The molecule has 3 heteroatoms. The minimum absolute atomic E-state index is 0.972. The van der Waals surface area contributed by atoms with Gasteiger partial charge in [-0.2, -0.15) is 0 Å². The van der Waals surface area contributed by atoms with E-state index in [1.54, 1.807) is 0 Å². The van der Waals surface area contributed by atoms with E-state index in [-0.39, 0.29) is 0 Å². The molecule has 0 amide bonds. The fourth-order valence-electron chi connectivity index (χ4n) is 0.835. The Kier molecular flexibility index (Phi) is 1.95.